The third-order valence-electron chi connectivity index (χ3n) is 3.91. The molecule has 2 rings (SSSR count). The van der Waals surface area contributed by atoms with E-state index < -0.39 is 22.0 Å². The van der Waals surface area contributed by atoms with E-state index in [-0.39, 0.29) is 10.3 Å². The minimum absolute atomic E-state index is 0.0355. The average Bonchev–Trinajstić information content (AvgIpc) is 2.66. The Morgan fingerprint density at radius 1 is 1.26 bits per heavy atom. The Balaban J connectivity index is 1.98. The van der Waals surface area contributed by atoms with Crippen molar-refractivity contribution >= 4 is 27.3 Å². The number of aromatic nitrogens is 1. The molecule has 1 fully saturated rings. The summed E-state index contributed by atoms with van der Waals surface area (Å²) < 4.78 is 32.6. The van der Waals surface area contributed by atoms with Gasteiger partial charge in [-0.25, -0.2) is 18.1 Å². The van der Waals surface area contributed by atoms with Crippen molar-refractivity contribution in [3.8, 4) is 0 Å². The van der Waals surface area contributed by atoms with Crippen molar-refractivity contribution in [2.45, 2.75) is 75.7 Å². The molecule has 0 unspecified atom stereocenters. The predicted molar refractivity (Wildman–Crippen MR) is 89.0 cm³/mol. The monoisotopic (exact) mass is 360 g/mol. The number of sulfonamides is 1. The molecule has 1 aromatic rings. The molecule has 0 aromatic carbocycles. The van der Waals surface area contributed by atoms with Crippen LogP contribution in [0.1, 0.15) is 56.2 Å². The van der Waals surface area contributed by atoms with Crippen LogP contribution in [0.5, 0.6) is 0 Å². The average molecular weight is 361 g/mol. The zero-order valence-corrected chi connectivity index (χ0v) is 15.4. The Morgan fingerprint density at radius 3 is 2.39 bits per heavy atom. The molecule has 0 radical (unpaired) electrons. The fourth-order valence-electron chi connectivity index (χ4n) is 2.75. The van der Waals surface area contributed by atoms with Gasteiger partial charge < -0.3 is 4.74 Å². The van der Waals surface area contributed by atoms with Crippen molar-refractivity contribution in [1.82, 2.24) is 9.71 Å². The van der Waals surface area contributed by atoms with Crippen molar-refractivity contribution in [1.29, 1.82) is 0 Å². The molecular formula is C15H24N2O4S2. The summed E-state index contributed by atoms with van der Waals surface area (Å²) in [7, 11) is -3.89. The summed E-state index contributed by atoms with van der Waals surface area (Å²) in [6, 6.07) is 0. The number of amides is 1. The highest BCUT2D eigenvalue weighted by atomic mass is 32.2. The van der Waals surface area contributed by atoms with E-state index in [9.17, 15) is 13.2 Å². The number of hydrogen-bond donors (Lipinski definition) is 1. The summed E-state index contributed by atoms with van der Waals surface area (Å²) in [4.78, 5) is 16.3. The molecule has 0 saturated heterocycles. The van der Waals surface area contributed by atoms with Gasteiger partial charge in [-0.15, -0.1) is 11.3 Å². The molecule has 1 aromatic heterocycles. The molecule has 1 amide bonds. The smallest absolute Gasteiger partial charge is 0.275 e. The first-order chi connectivity index (χ1) is 10.8. The van der Waals surface area contributed by atoms with E-state index in [4.69, 9.17) is 4.74 Å². The minimum Gasteiger partial charge on any atom is -0.365 e. The number of ether oxygens (including phenoxy) is 1. The lowest BCUT2D eigenvalue weighted by Gasteiger charge is -2.20. The third-order valence-corrected chi connectivity index (χ3v) is 6.94. The summed E-state index contributed by atoms with van der Waals surface area (Å²) in [6.07, 6.45) is 5.68. The molecule has 1 atom stereocenters. The van der Waals surface area contributed by atoms with Crippen LogP contribution in [-0.2, 0) is 19.6 Å². The molecule has 0 bridgehead atoms. The van der Waals surface area contributed by atoms with Crippen LogP contribution < -0.4 is 4.72 Å². The van der Waals surface area contributed by atoms with Crippen LogP contribution in [0.2, 0.25) is 0 Å². The Hall–Kier alpha value is -0.990. The highest BCUT2D eigenvalue weighted by Gasteiger charge is 2.27. The van der Waals surface area contributed by atoms with Gasteiger partial charge in [-0.1, -0.05) is 25.7 Å². The van der Waals surface area contributed by atoms with E-state index in [1.165, 1.54) is 12.8 Å². The Bertz CT molecular complexity index is 646. The number of hydrogen-bond acceptors (Lipinski definition) is 6. The molecule has 0 spiro atoms. The first kappa shape index (κ1) is 18.4. The van der Waals surface area contributed by atoms with Crippen LogP contribution in [0.4, 0.5) is 0 Å². The van der Waals surface area contributed by atoms with E-state index in [2.05, 4.69) is 9.71 Å². The summed E-state index contributed by atoms with van der Waals surface area (Å²) in [6.45, 7) is 4.95. The zero-order chi connectivity index (χ0) is 17.0. The van der Waals surface area contributed by atoms with Crippen LogP contribution in [0.25, 0.3) is 0 Å². The highest BCUT2D eigenvalue weighted by molar-refractivity contribution is 7.92. The Labute approximate surface area is 141 Å². The third kappa shape index (κ3) is 4.99. The number of aryl methyl sites for hydroxylation is 2. The molecule has 1 heterocycles. The lowest BCUT2D eigenvalue weighted by molar-refractivity contribution is -0.133. The fourth-order valence-corrected chi connectivity index (χ4v) is 5.28. The molecule has 1 aliphatic rings. The van der Waals surface area contributed by atoms with Crippen molar-refractivity contribution in [2.24, 2.45) is 0 Å². The Morgan fingerprint density at radius 2 is 1.87 bits per heavy atom. The van der Waals surface area contributed by atoms with Crippen molar-refractivity contribution in [3.05, 3.63) is 10.7 Å². The van der Waals surface area contributed by atoms with Crippen LogP contribution in [-0.4, -0.2) is 31.5 Å². The predicted octanol–water partition coefficient (Wildman–Crippen LogP) is 2.69. The van der Waals surface area contributed by atoms with E-state index in [1.807, 2.05) is 0 Å². The normalized spacial score (nSPS) is 18.4. The molecule has 0 aliphatic heterocycles. The molecule has 1 aliphatic carbocycles. The van der Waals surface area contributed by atoms with Gasteiger partial charge in [0.05, 0.1) is 16.8 Å². The SMILES string of the molecule is Cc1nc(C)c(S(=O)(=O)NC(=O)[C@H](C)OC2CCCCCC2)s1. The molecule has 23 heavy (non-hydrogen) atoms. The first-order valence-corrected chi connectivity index (χ1v) is 10.3. The second-order valence-corrected chi connectivity index (χ2v) is 9.05. The standard InChI is InChI=1S/C15H24N2O4S2/c1-10-15(22-12(3)16-10)23(19,20)17-14(18)11(2)21-13-8-6-4-5-7-9-13/h11,13H,4-9H2,1-3H3,(H,17,18)/t11-/m0/s1. The zero-order valence-electron chi connectivity index (χ0n) is 13.8. The quantitative estimate of drug-likeness (QED) is 0.816. The molecule has 1 saturated carbocycles. The largest absolute Gasteiger partial charge is 0.365 e. The minimum atomic E-state index is -3.89. The molecular weight excluding hydrogens is 336 g/mol. The van der Waals surface area contributed by atoms with Gasteiger partial charge in [0.1, 0.15) is 6.10 Å². The Kier molecular flexibility index (Phi) is 6.16. The summed E-state index contributed by atoms with van der Waals surface area (Å²) in [5.41, 5.74) is 0.408. The van der Waals surface area contributed by atoms with Gasteiger partial charge in [0.15, 0.2) is 4.21 Å². The number of nitrogens with one attached hydrogen (secondary N) is 1. The molecule has 8 heteroatoms. The van der Waals surface area contributed by atoms with Crippen molar-refractivity contribution < 1.29 is 17.9 Å². The topological polar surface area (TPSA) is 85.4 Å². The number of carbonyl (C=O) groups is 1. The maximum absolute atomic E-state index is 12.3. The lowest BCUT2D eigenvalue weighted by atomic mass is 10.1. The maximum atomic E-state index is 12.3. The molecule has 6 nitrogen and oxygen atoms in total. The molecule has 1 N–H and O–H groups in total. The number of carbonyl (C=O) groups excluding carboxylic acids is 1. The summed E-state index contributed by atoms with van der Waals surface area (Å²) in [5, 5.41) is 0.651. The lowest BCUT2D eigenvalue weighted by Crippen LogP contribution is -2.40. The number of rotatable bonds is 5. The fraction of sp³-hybridized carbons (Fsp3) is 0.733. The molecule has 130 valence electrons. The van der Waals surface area contributed by atoms with E-state index in [1.54, 1.807) is 20.8 Å². The highest BCUT2D eigenvalue weighted by Crippen LogP contribution is 2.23. The van der Waals surface area contributed by atoms with Crippen molar-refractivity contribution in [3.63, 3.8) is 0 Å². The van der Waals surface area contributed by atoms with Gasteiger partial charge in [-0.05, 0) is 33.6 Å². The number of nitrogens with zero attached hydrogens (tertiary/aromatic N) is 1. The maximum Gasteiger partial charge on any atom is 0.275 e. The van der Waals surface area contributed by atoms with Crippen LogP contribution in [0.3, 0.4) is 0 Å². The van der Waals surface area contributed by atoms with Gasteiger partial charge in [-0.2, -0.15) is 0 Å². The van der Waals surface area contributed by atoms with E-state index in [0.717, 1.165) is 37.0 Å². The van der Waals surface area contributed by atoms with E-state index >= 15 is 0 Å². The second kappa shape index (κ2) is 7.72. The van der Waals surface area contributed by atoms with Gasteiger partial charge >= 0.3 is 0 Å². The van der Waals surface area contributed by atoms with E-state index in [0.29, 0.717) is 10.7 Å². The number of thiazole rings is 1. The van der Waals surface area contributed by atoms with Crippen molar-refractivity contribution in [2.75, 3.05) is 0 Å². The van der Waals surface area contributed by atoms with Gasteiger partial charge in [0.2, 0.25) is 0 Å². The van der Waals surface area contributed by atoms with Crippen LogP contribution in [0.15, 0.2) is 4.21 Å². The summed E-state index contributed by atoms with van der Waals surface area (Å²) >= 11 is 1.06. The van der Waals surface area contributed by atoms with Gasteiger partial charge in [0.25, 0.3) is 15.9 Å². The second-order valence-electron chi connectivity index (χ2n) is 5.97. The van der Waals surface area contributed by atoms with Crippen LogP contribution >= 0.6 is 11.3 Å². The first-order valence-electron chi connectivity index (χ1n) is 7.96. The summed E-state index contributed by atoms with van der Waals surface area (Å²) in [5.74, 6) is -0.625. The van der Waals surface area contributed by atoms with Gasteiger partial charge in [0, 0.05) is 0 Å². The van der Waals surface area contributed by atoms with Crippen LogP contribution in [0, 0.1) is 13.8 Å². The van der Waals surface area contributed by atoms with Gasteiger partial charge in [-0.3, -0.25) is 4.79 Å².